The lowest BCUT2D eigenvalue weighted by Crippen LogP contribution is -2.48. The van der Waals surface area contributed by atoms with Crippen molar-refractivity contribution in [3.63, 3.8) is 0 Å². The van der Waals surface area contributed by atoms with E-state index in [9.17, 15) is 13.2 Å². The average molecular weight is 465 g/mol. The molecule has 0 radical (unpaired) electrons. The molecule has 6 nitrogen and oxygen atoms in total. The quantitative estimate of drug-likeness (QED) is 0.664. The van der Waals surface area contributed by atoms with Gasteiger partial charge in [0, 0.05) is 5.02 Å². The van der Waals surface area contributed by atoms with E-state index in [4.69, 9.17) is 16.3 Å². The van der Waals surface area contributed by atoms with Crippen molar-refractivity contribution in [1.29, 1.82) is 0 Å². The highest BCUT2D eigenvalue weighted by Gasteiger charge is 2.32. The van der Waals surface area contributed by atoms with Gasteiger partial charge in [-0.2, -0.15) is 0 Å². The number of methoxy groups -OCH3 is 1. The molecule has 8 heteroatoms. The molecule has 0 aliphatic heterocycles. The lowest BCUT2D eigenvalue weighted by atomic mass is 9.89. The van der Waals surface area contributed by atoms with Gasteiger partial charge in [-0.15, -0.1) is 0 Å². The van der Waals surface area contributed by atoms with Gasteiger partial charge in [0.25, 0.3) is 0 Å². The molecule has 168 valence electrons. The molecule has 2 atom stereocenters. The first-order valence-corrected chi connectivity index (χ1v) is 12.6. The van der Waals surface area contributed by atoms with E-state index in [2.05, 4.69) is 17.4 Å². The second kappa shape index (κ2) is 9.49. The van der Waals surface area contributed by atoms with Gasteiger partial charge in [0.1, 0.15) is 11.8 Å². The topological polar surface area (TPSA) is 75.7 Å². The Bertz CT molecular complexity index is 1070. The van der Waals surface area contributed by atoms with E-state index in [0.717, 1.165) is 29.0 Å². The Morgan fingerprint density at radius 3 is 2.42 bits per heavy atom. The Labute approximate surface area is 189 Å². The third-order valence-corrected chi connectivity index (χ3v) is 7.16. The highest BCUT2D eigenvalue weighted by atomic mass is 35.5. The smallest absolute Gasteiger partial charge is 0.244 e. The molecule has 1 amide bonds. The van der Waals surface area contributed by atoms with Crippen LogP contribution in [0.15, 0.2) is 36.4 Å². The number of nitrogens with zero attached hydrogens (tertiary/aromatic N) is 1. The minimum absolute atomic E-state index is 0.224. The molecule has 0 spiro atoms. The molecule has 3 rings (SSSR count). The number of hydrogen-bond acceptors (Lipinski definition) is 4. The van der Waals surface area contributed by atoms with Crippen molar-refractivity contribution in [3.8, 4) is 5.75 Å². The van der Waals surface area contributed by atoms with E-state index in [1.54, 1.807) is 19.1 Å². The number of benzene rings is 2. The molecule has 0 heterocycles. The minimum atomic E-state index is -3.79. The summed E-state index contributed by atoms with van der Waals surface area (Å²) in [5.41, 5.74) is 3.94. The fourth-order valence-electron chi connectivity index (χ4n) is 4.06. The standard InChI is InChI=1S/C23H29ClN2O4S/c1-15(18-10-9-17-7-5-6-8-19(17)13-18)25-23(27)16(2)26(31(4,28)29)21-14-20(24)11-12-22(21)30-3/h9-16H,5-8H2,1-4H3,(H,25,27)/t15-,16+/m1/s1. The lowest BCUT2D eigenvalue weighted by molar-refractivity contribution is -0.122. The summed E-state index contributed by atoms with van der Waals surface area (Å²) in [6.07, 6.45) is 5.60. The number of anilines is 1. The molecule has 2 aromatic carbocycles. The zero-order chi connectivity index (χ0) is 22.8. The summed E-state index contributed by atoms with van der Waals surface area (Å²) in [5, 5.41) is 3.31. The third-order valence-electron chi connectivity index (χ3n) is 5.70. The van der Waals surface area contributed by atoms with Crippen LogP contribution in [0.5, 0.6) is 5.75 Å². The van der Waals surface area contributed by atoms with Crippen LogP contribution in [0, 0.1) is 0 Å². The molecule has 0 saturated heterocycles. The van der Waals surface area contributed by atoms with Crippen LogP contribution in [0.25, 0.3) is 0 Å². The Morgan fingerprint density at radius 1 is 1.10 bits per heavy atom. The summed E-state index contributed by atoms with van der Waals surface area (Å²) in [7, 11) is -2.35. The number of amides is 1. The van der Waals surface area contributed by atoms with Crippen LogP contribution in [0.4, 0.5) is 5.69 Å². The van der Waals surface area contributed by atoms with Gasteiger partial charge in [0.15, 0.2) is 0 Å². The summed E-state index contributed by atoms with van der Waals surface area (Å²) in [4.78, 5) is 13.1. The molecule has 1 N–H and O–H groups in total. The Hall–Kier alpha value is -2.25. The van der Waals surface area contributed by atoms with Gasteiger partial charge in [0.2, 0.25) is 15.9 Å². The molecule has 1 aliphatic carbocycles. The van der Waals surface area contributed by atoms with Crippen LogP contribution in [0.2, 0.25) is 5.02 Å². The number of sulfonamides is 1. The van der Waals surface area contributed by atoms with Gasteiger partial charge in [-0.3, -0.25) is 9.10 Å². The first-order chi connectivity index (χ1) is 14.6. The summed E-state index contributed by atoms with van der Waals surface area (Å²) < 4.78 is 31.6. The fraction of sp³-hybridized carbons (Fsp3) is 0.435. The van der Waals surface area contributed by atoms with E-state index >= 15 is 0 Å². The minimum Gasteiger partial charge on any atom is -0.495 e. The molecule has 0 aromatic heterocycles. The monoisotopic (exact) mass is 464 g/mol. The molecule has 0 unspecified atom stereocenters. The SMILES string of the molecule is COc1ccc(Cl)cc1N([C@@H](C)C(=O)N[C@H](C)c1ccc2c(c1)CCCC2)S(C)(=O)=O. The molecular weight excluding hydrogens is 436 g/mol. The van der Waals surface area contributed by atoms with Crippen LogP contribution in [0.1, 0.15) is 49.4 Å². The Morgan fingerprint density at radius 2 is 1.77 bits per heavy atom. The van der Waals surface area contributed by atoms with Crippen LogP contribution in [0.3, 0.4) is 0 Å². The van der Waals surface area contributed by atoms with Crippen molar-refractivity contribution in [2.75, 3.05) is 17.7 Å². The zero-order valence-electron chi connectivity index (χ0n) is 18.3. The van der Waals surface area contributed by atoms with Gasteiger partial charge in [-0.25, -0.2) is 8.42 Å². The van der Waals surface area contributed by atoms with Gasteiger partial charge >= 0.3 is 0 Å². The van der Waals surface area contributed by atoms with Crippen molar-refractivity contribution in [2.45, 2.75) is 51.6 Å². The van der Waals surface area contributed by atoms with Crippen molar-refractivity contribution in [1.82, 2.24) is 5.32 Å². The number of fused-ring (bicyclic) bond motifs is 1. The number of rotatable bonds is 7. The average Bonchev–Trinajstić information content (AvgIpc) is 2.72. The second-order valence-electron chi connectivity index (χ2n) is 8.02. The molecule has 1 aliphatic rings. The lowest BCUT2D eigenvalue weighted by Gasteiger charge is -2.30. The summed E-state index contributed by atoms with van der Waals surface area (Å²) in [5.74, 6) is -0.0881. The van der Waals surface area contributed by atoms with E-state index in [1.165, 1.54) is 37.1 Å². The third kappa shape index (κ3) is 5.33. The maximum Gasteiger partial charge on any atom is 0.244 e. The zero-order valence-corrected chi connectivity index (χ0v) is 19.9. The summed E-state index contributed by atoms with van der Waals surface area (Å²) in [6.45, 7) is 3.45. The van der Waals surface area contributed by atoms with Crippen molar-refractivity contribution >= 4 is 33.2 Å². The van der Waals surface area contributed by atoms with Crippen LogP contribution < -0.4 is 14.4 Å². The second-order valence-corrected chi connectivity index (χ2v) is 10.3. The van der Waals surface area contributed by atoms with Crippen molar-refractivity contribution < 1.29 is 17.9 Å². The maximum absolute atomic E-state index is 13.1. The number of hydrogen-bond donors (Lipinski definition) is 1. The first kappa shape index (κ1) is 23.4. The fourth-order valence-corrected chi connectivity index (χ4v) is 5.39. The van der Waals surface area contributed by atoms with Crippen LogP contribution in [-0.4, -0.2) is 33.7 Å². The van der Waals surface area contributed by atoms with E-state index in [0.29, 0.717) is 10.8 Å². The predicted molar refractivity (Wildman–Crippen MR) is 124 cm³/mol. The van der Waals surface area contributed by atoms with Crippen molar-refractivity contribution in [3.05, 3.63) is 58.1 Å². The van der Waals surface area contributed by atoms with Gasteiger partial charge in [-0.1, -0.05) is 29.8 Å². The highest BCUT2D eigenvalue weighted by Crippen LogP contribution is 2.34. The van der Waals surface area contributed by atoms with E-state index in [-0.39, 0.29) is 11.7 Å². The van der Waals surface area contributed by atoms with E-state index < -0.39 is 22.0 Å². The molecular formula is C23H29ClN2O4S. The largest absolute Gasteiger partial charge is 0.495 e. The summed E-state index contributed by atoms with van der Waals surface area (Å²) in [6, 6.07) is 9.73. The van der Waals surface area contributed by atoms with Gasteiger partial charge in [0.05, 0.1) is 25.1 Å². The number of aryl methyl sites for hydroxylation is 2. The van der Waals surface area contributed by atoms with Crippen LogP contribution >= 0.6 is 11.6 Å². The van der Waals surface area contributed by atoms with Gasteiger partial charge < -0.3 is 10.1 Å². The highest BCUT2D eigenvalue weighted by molar-refractivity contribution is 7.92. The molecule has 2 aromatic rings. The van der Waals surface area contributed by atoms with Gasteiger partial charge in [-0.05, 0) is 74.4 Å². The number of carbonyl (C=O) groups is 1. The Kier molecular flexibility index (Phi) is 7.17. The molecule has 31 heavy (non-hydrogen) atoms. The molecule has 0 saturated carbocycles. The number of carbonyl (C=O) groups excluding carboxylic acids is 1. The van der Waals surface area contributed by atoms with Crippen molar-refractivity contribution in [2.24, 2.45) is 0 Å². The van der Waals surface area contributed by atoms with Crippen LogP contribution in [-0.2, 0) is 27.7 Å². The number of halogens is 1. The number of nitrogens with one attached hydrogen (secondary N) is 1. The normalized spacial score (nSPS) is 15.5. The maximum atomic E-state index is 13.1. The summed E-state index contributed by atoms with van der Waals surface area (Å²) >= 11 is 6.10. The Balaban J connectivity index is 1.85. The first-order valence-electron chi connectivity index (χ1n) is 10.4. The number of ether oxygens (including phenoxy) is 1. The predicted octanol–water partition coefficient (Wildman–Crippen LogP) is 4.26. The molecule has 0 fully saturated rings. The molecule has 0 bridgehead atoms. The van der Waals surface area contributed by atoms with E-state index in [1.807, 2.05) is 13.0 Å².